The van der Waals surface area contributed by atoms with Crippen molar-refractivity contribution >= 4 is 17.9 Å². The maximum Gasteiger partial charge on any atom is 0.315 e. The Bertz CT molecular complexity index is 402. The van der Waals surface area contributed by atoms with Gasteiger partial charge in [-0.15, -0.1) is 0 Å². The van der Waals surface area contributed by atoms with Crippen LogP contribution in [-0.2, 0) is 9.59 Å². The topological polar surface area (TPSA) is 98.7 Å². The van der Waals surface area contributed by atoms with Crippen LogP contribution < -0.4 is 10.6 Å². The number of aliphatic carboxylic acids is 1. The molecule has 0 fully saturated rings. The van der Waals surface area contributed by atoms with Crippen molar-refractivity contribution in [1.82, 2.24) is 15.5 Å². The number of carbonyl (C=O) groups excluding carboxylic acids is 2. The molecule has 0 aromatic rings. The van der Waals surface area contributed by atoms with E-state index in [0.29, 0.717) is 0 Å². The van der Waals surface area contributed by atoms with Crippen LogP contribution in [0.25, 0.3) is 0 Å². The molecule has 0 heterocycles. The fraction of sp³-hybridized carbons (Fsp3) is 0.769. The zero-order chi connectivity index (χ0) is 16.3. The lowest BCUT2D eigenvalue weighted by molar-refractivity contribution is -0.150. The normalized spacial score (nSPS) is 13.3. The molecule has 20 heavy (non-hydrogen) atoms. The van der Waals surface area contributed by atoms with E-state index in [1.165, 1.54) is 18.7 Å². The Kier molecular flexibility index (Phi) is 5.56. The van der Waals surface area contributed by atoms with E-state index in [4.69, 9.17) is 0 Å². The Morgan fingerprint density at radius 2 is 1.55 bits per heavy atom. The van der Waals surface area contributed by atoms with Crippen molar-refractivity contribution in [3.05, 3.63) is 0 Å². The van der Waals surface area contributed by atoms with Crippen molar-refractivity contribution < 1.29 is 19.5 Å². The molecular weight excluding hydrogens is 262 g/mol. The number of amides is 3. The smallest absolute Gasteiger partial charge is 0.315 e. The zero-order valence-corrected chi connectivity index (χ0v) is 13.2. The van der Waals surface area contributed by atoms with E-state index in [2.05, 4.69) is 10.6 Å². The molecule has 7 nitrogen and oxygen atoms in total. The minimum Gasteiger partial charge on any atom is -0.481 e. The van der Waals surface area contributed by atoms with Gasteiger partial charge in [-0.05, 0) is 34.6 Å². The Morgan fingerprint density at radius 3 is 1.90 bits per heavy atom. The van der Waals surface area contributed by atoms with Gasteiger partial charge in [0, 0.05) is 14.1 Å². The molecule has 3 amide bonds. The van der Waals surface area contributed by atoms with Crippen LogP contribution in [0.1, 0.15) is 34.6 Å². The molecule has 0 aliphatic heterocycles. The molecule has 0 rings (SSSR count). The van der Waals surface area contributed by atoms with Gasteiger partial charge in [0.05, 0.1) is 11.0 Å². The third-order valence-electron chi connectivity index (χ3n) is 3.68. The molecule has 0 bridgehead atoms. The number of nitrogens with zero attached hydrogens (tertiary/aromatic N) is 1. The number of carbonyl (C=O) groups is 3. The first kappa shape index (κ1) is 18.2. The Morgan fingerprint density at radius 1 is 1.10 bits per heavy atom. The predicted molar refractivity (Wildman–Crippen MR) is 75.3 cm³/mol. The maximum absolute atomic E-state index is 11.9. The number of urea groups is 1. The van der Waals surface area contributed by atoms with E-state index in [0.717, 1.165) is 0 Å². The molecule has 1 unspecified atom stereocenters. The molecule has 0 saturated carbocycles. The van der Waals surface area contributed by atoms with Crippen molar-refractivity contribution in [3.63, 3.8) is 0 Å². The summed E-state index contributed by atoms with van der Waals surface area (Å²) in [7, 11) is 3.19. The molecule has 3 N–H and O–H groups in total. The van der Waals surface area contributed by atoms with Crippen LogP contribution in [0.2, 0.25) is 0 Å². The van der Waals surface area contributed by atoms with E-state index in [-0.39, 0.29) is 5.91 Å². The monoisotopic (exact) mass is 287 g/mol. The largest absolute Gasteiger partial charge is 0.481 e. The molecule has 0 aromatic heterocycles. The molecule has 116 valence electrons. The van der Waals surface area contributed by atoms with E-state index in [9.17, 15) is 19.5 Å². The third kappa shape index (κ3) is 4.11. The summed E-state index contributed by atoms with van der Waals surface area (Å²) in [4.78, 5) is 36.1. The molecule has 1 atom stereocenters. The van der Waals surface area contributed by atoms with Crippen molar-refractivity contribution in [2.45, 2.75) is 46.2 Å². The number of nitrogens with one attached hydrogen (secondary N) is 2. The minimum atomic E-state index is -1.15. The second kappa shape index (κ2) is 6.11. The average molecular weight is 287 g/mol. The first-order valence-corrected chi connectivity index (χ1v) is 6.36. The molecule has 0 saturated heterocycles. The Balaban J connectivity index is 4.77. The number of rotatable bonds is 5. The number of hydrogen-bond acceptors (Lipinski definition) is 3. The summed E-state index contributed by atoms with van der Waals surface area (Å²) in [5.41, 5.74) is -2.14. The van der Waals surface area contributed by atoms with Gasteiger partial charge < -0.3 is 20.6 Å². The van der Waals surface area contributed by atoms with Crippen LogP contribution in [0, 0.1) is 5.41 Å². The Hall–Kier alpha value is -1.79. The van der Waals surface area contributed by atoms with Gasteiger partial charge in [-0.25, -0.2) is 4.79 Å². The zero-order valence-electron chi connectivity index (χ0n) is 13.2. The summed E-state index contributed by atoms with van der Waals surface area (Å²) >= 11 is 0. The van der Waals surface area contributed by atoms with Crippen molar-refractivity contribution in [1.29, 1.82) is 0 Å². The highest BCUT2D eigenvalue weighted by Crippen LogP contribution is 2.30. The highest BCUT2D eigenvalue weighted by molar-refractivity contribution is 5.87. The second-order valence-electron chi connectivity index (χ2n) is 6.11. The van der Waals surface area contributed by atoms with Gasteiger partial charge in [0.2, 0.25) is 5.91 Å². The van der Waals surface area contributed by atoms with Crippen LogP contribution in [0.4, 0.5) is 4.79 Å². The van der Waals surface area contributed by atoms with E-state index in [1.54, 1.807) is 34.9 Å². The summed E-state index contributed by atoms with van der Waals surface area (Å²) in [5, 5.41) is 14.3. The number of carboxylic acids is 1. The molecular formula is C13H25N3O4. The van der Waals surface area contributed by atoms with Crippen molar-refractivity contribution in [2.75, 3.05) is 14.1 Å². The molecule has 0 aromatic carbocycles. The van der Waals surface area contributed by atoms with Crippen LogP contribution in [-0.4, -0.2) is 53.6 Å². The van der Waals surface area contributed by atoms with Gasteiger partial charge in [-0.3, -0.25) is 9.59 Å². The lowest BCUT2D eigenvalue weighted by Crippen LogP contribution is -2.60. The van der Waals surface area contributed by atoms with Gasteiger partial charge in [-0.2, -0.15) is 0 Å². The molecule has 7 heteroatoms. The van der Waals surface area contributed by atoms with E-state index >= 15 is 0 Å². The van der Waals surface area contributed by atoms with Crippen molar-refractivity contribution in [3.8, 4) is 0 Å². The highest BCUT2D eigenvalue weighted by atomic mass is 16.4. The Labute approximate surface area is 119 Å². The van der Waals surface area contributed by atoms with Crippen LogP contribution >= 0.6 is 0 Å². The molecule has 0 aliphatic carbocycles. The fourth-order valence-corrected chi connectivity index (χ4v) is 1.39. The van der Waals surface area contributed by atoms with Gasteiger partial charge in [-0.1, -0.05) is 0 Å². The van der Waals surface area contributed by atoms with Crippen LogP contribution in [0.15, 0.2) is 0 Å². The summed E-state index contributed by atoms with van der Waals surface area (Å²) in [6.07, 6.45) is 0. The summed E-state index contributed by atoms with van der Waals surface area (Å²) in [6, 6.07) is -1.26. The van der Waals surface area contributed by atoms with Gasteiger partial charge in [0.1, 0.15) is 6.04 Å². The quantitative estimate of drug-likeness (QED) is 0.691. The predicted octanol–water partition coefficient (Wildman–Crippen LogP) is 0.652. The maximum atomic E-state index is 11.9. The van der Waals surface area contributed by atoms with Gasteiger partial charge in [0.25, 0.3) is 0 Å². The fourth-order valence-electron chi connectivity index (χ4n) is 1.39. The van der Waals surface area contributed by atoms with Crippen molar-refractivity contribution in [2.24, 2.45) is 5.41 Å². The van der Waals surface area contributed by atoms with Crippen LogP contribution in [0.3, 0.4) is 0 Å². The summed E-state index contributed by atoms with van der Waals surface area (Å²) < 4.78 is 0. The first-order chi connectivity index (χ1) is 8.83. The first-order valence-electron chi connectivity index (χ1n) is 6.36. The van der Waals surface area contributed by atoms with E-state index in [1.807, 2.05) is 0 Å². The number of hydrogen-bond donors (Lipinski definition) is 3. The molecule has 0 aliphatic rings. The lowest BCUT2D eigenvalue weighted by atomic mass is 9.74. The number of likely N-dealkylation sites (N-methyl/N-ethyl adjacent to an activating group) is 1. The molecule has 0 radical (unpaired) electrons. The summed E-state index contributed by atoms with van der Waals surface area (Å²) in [5.74, 6) is -1.25. The number of carboxylic acid groups (broad SMARTS) is 1. The SMILES string of the molecule is CC(NC(=O)NC(C)(C)C(C)(C)C(=O)O)C(=O)N(C)C. The highest BCUT2D eigenvalue weighted by Gasteiger charge is 2.44. The van der Waals surface area contributed by atoms with Crippen LogP contribution in [0.5, 0.6) is 0 Å². The lowest BCUT2D eigenvalue weighted by Gasteiger charge is -2.39. The third-order valence-corrected chi connectivity index (χ3v) is 3.68. The second-order valence-corrected chi connectivity index (χ2v) is 6.11. The van der Waals surface area contributed by atoms with Gasteiger partial charge in [0.15, 0.2) is 0 Å². The van der Waals surface area contributed by atoms with Gasteiger partial charge >= 0.3 is 12.0 Å². The molecule has 0 spiro atoms. The minimum absolute atomic E-state index is 0.240. The average Bonchev–Trinajstić information content (AvgIpc) is 2.25. The standard InChI is InChI=1S/C13H25N3O4/c1-8(9(17)16(6)7)14-11(20)15-13(4,5)12(2,3)10(18)19/h8H,1-7H3,(H,18,19)(H2,14,15,20). The van der Waals surface area contributed by atoms with E-state index < -0.39 is 29.0 Å². The summed E-state index contributed by atoms with van der Waals surface area (Å²) in [6.45, 7) is 7.88.